The number of hydrogen-bond donors (Lipinski definition) is 3. The van der Waals surface area contributed by atoms with Crippen LogP contribution in [0.4, 0.5) is 0 Å². The molecule has 109 heavy (non-hydrogen) atoms. The molecule has 0 rings (SSSR count). The van der Waals surface area contributed by atoms with E-state index < -0.39 is 97.5 Å². The number of unbranched alkanes of at least 4 members (excludes halogenated alkanes) is 52. The van der Waals surface area contributed by atoms with Crippen molar-refractivity contribution in [3.05, 3.63) is 0 Å². The highest BCUT2D eigenvalue weighted by Gasteiger charge is 2.31. The molecule has 0 aliphatic carbocycles. The van der Waals surface area contributed by atoms with Crippen LogP contribution in [0.15, 0.2) is 0 Å². The number of carbonyl (C=O) groups excluding carboxylic acids is 4. The SMILES string of the molecule is CCC(C)CCCCCCCCCCCCCCCCCCCCC(=O)O[C@H](COC(=O)CCCCCCCCCC(C)C)COP(=O)(O)OCC(O)COP(=O)(O)OC[C@@H](COC(=O)CCCCCCCCCCCCCCCCCCC(C)C)OC(=O)CCCCCCCCCCCCCCCCCC(C)C. The molecular weight excluding hydrogens is 1410 g/mol. The third-order valence-corrected chi connectivity index (χ3v) is 23.3. The molecule has 0 aliphatic rings. The summed E-state index contributed by atoms with van der Waals surface area (Å²) in [7, 11) is -9.94. The van der Waals surface area contributed by atoms with Crippen LogP contribution in [-0.4, -0.2) is 96.7 Å². The third kappa shape index (κ3) is 82.4. The van der Waals surface area contributed by atoms with Gasteiger partial charge in [0.05, 0.1) is 26.4 Å². The van der Waals surface area contributed by atoms with E-state index in [0.717, 1.165) is 114 Å². The topological polar surface area (TPSA) is 237 Å². The van der Waals surface area contributed by atoms with Crippen molar-refractivity contribution in [2.75, 3.05) is 39.6 Å². The van der Waals surface area contributed by atoms with Crippen molar-refractivity contribution in [1.29, 1.82) is 0 Å². The van der Waals surface area contributed by atoms with Gasteiger partial charge in [-0.3, -0.25) is 37.3 Å². The minimum Gasteiger partial charge on any atom is -0.462 e. The molecule has 0 fully saturated rings. The maximum absolute atomic E-state index is 13.2. The maximum Gasteiger partial charge on any atom is 0.472 e. The molecule has 0 saturated carbocycles. The summed E-state index contributed by atoms with van der Waals surface area (Å²) in [4.78, 5) is 73.3. The van der Waals surface area contributed by atoms with E-state index in [-0.39, 0.29) is 25.7 Å². The van der Waals surface area contributed by atoms with Crippen LogP contribution in [0.5, 0.6) is 0 Å². The Labute approximate surface area is 670 Å². The molecule has 0 heterocycles. The van der Waals surface area contributed by atoms with Crippen LogP contribution in [0.2, 0.25) is 0 Å². The fourth-order valence-corrected chi connectivity index (χ4v) is 15.6. The smallest absolute Gasteiger partial charge is 0.462 e. The number of phosphoric acid groups is 2. The molecule has 648 valence electrons. The molecule has 0 aromatic carbocycles. The number of rotatable bonds is 87. The first-order chi connectivity index (χ1) is 52.6. The Morgan fingerprint density at radius 1 is 0.257 bits per heavy atom. The Morgan fingerprint density at radius 3 is 0.651 bits per heavy atom. The van der Waals surface area contributed by atoms with Gasteiger partial charge < -0.3 is 33.8 Å². The number of ether oxygens (including phenoxy) is 4. The van der Waals surface area contributed by atoms with E-state index in [2.05, 4.69) is 55.4 Å². The molecule has 0 aromatic rings. The van der Waals surface area contributed by atoms with Crippen molar-refractivity contribution in [3.8, 4) is 0 Å². The molecule has 0 radical (unpaired) electrons. The summed E-state index contributed by atoms with van der Waals surface area (Å²) in [5.74, 6) is 1.09. The van der Waals surface area contributed by atoms with E-state index in [1.807, 2.05) is 0 Å². The van der Waals surface area contributed by atoms with Gasteiger partial charge in [-0.25, -0.2) is 9.13 Å². The van der Waals surface area contributed by atoms with Crippen LogP contribution in [0, 0.1) is 23.7 Å². The van der Waals surface area contributed by atoms with Gasteiger partial charge >= 0.3 is 39.5 Å². The molecule has 0 aromatic heterocycles. The summed E-state index contributed by atoms with van der Waals surface area (Å²) in [5, 5.41) is 10.7. The van der Waals surface area contributed by atoms with Crippen molar-refractivity contribution < 1.29 is 80.2 Å². The van der Waals surface area contributed by atoms with Crippen LogP contribution in [0.3, 0.4) is 0 Å². The molecule has 0 bridgehead atoms. The van der Waals surface area contributed by atoms with E-state index in [1.165, 1.54) is 270 Å². The number of esters is 4. The molecular formula is C90H176O17P2. The zero-order chi connectivity index (χ0) is 80.2. The maximum atomic E-state index is 13.2. The van der Waals surface area contributed by atoms with Gasteiger partial charge in [-0.15, -0.1) is 0 Å². The Hall–Kier alpha value is -1.94. The average Bonchev–Trinajstić information content (AvgIpc) is 0.898. The lowest BCUT2D eigenvalue weighted by Crippen LogP contribution is -2.30. The van der Waals surface area contributed by atoms with Crippen molar-refractivity contribution in [2.24, 2.45) is 23.7 Å². The summed E-state index contributed by atoms with van der Waals surface area (Å²) in [6, 6.07) is 0. The number of phosphoric ester groups is 2. The number of aliphatic hydroxyl groups is 1. The van der Waals surface area contributed by atoms with Crippen LogP contribution >= 0.6 is 15.6 Å². The van der Waals surface area contributed by atoms with Crippen LogP contribution < -0.4 is 0 Å². The lowest BCUT2D eigenvalue weighted by molar-refractivity contribution is -0.161. The summed E-state index contributed by atoms with van der Waals surface area (Å²) >= 11 is 0. The first kappa shape index (κ1) is 107. The minimum absolute atomic E-state index is 0.107. The second-order valence-electron chi connectivity index (χ2n) is 34.0. The fraction of sp³-hybridized carbons (Fsp3) is 0.956. The largest absolute Gasteiger partial charge is 0.472 e. The van der Waals surface area contributed by atoms with Crippen molar-refractivity contribution in [3.63, 3.8) is 0 Å². The second-order valence-corrected chi connectivity index (χ2v) is 36.9. The fourth-order valence-electron chi connectivity index (χ4n) is 14.0. The van der Waals surface area contributed by atoms with E-state index in [4.69, 9.17) is 37.0 Å². The van der Waals surface area contributed by atoms with Gasteiger partial charge in [0.1, 0.15) is 19.3 Å². The van der Waals surface area contributed by atoms with E-state index in [1.54, 1.807) is 0 Å². The van der Waals surface area contributed by atoms with Crippen LogP contribution in [-0.2, 0) is 65.4 Å². The van der Waals surface area contributed by atoms with E-state index >= 15 is 0 Å². The Kier molecular flexibility index (Phi) is 77.2. The normalized spacial score (nSPS) is 14.1. The van der Waals surface area contributed by atoms with E-state index in [0.29, 0.717) is 31.6 Å². The molecule has 6 atom stereocenters. The predicted octanol–water partition coefficient (Wildman–Crippen LogP) is 27.5. The predicted molar refractivity (Wildman–Crippen MR) is 451 cm³/mol. The molecule has 4 unspecified atom stereocenters. The monoisotopic (exact) mass is 1590 g/mol. The highest BCUT2D eigenvalue weighted by Crippen LogP contribution is 2.45. The molecule has 0 aliphatic heterocycles. The zero-order valence-corrected chi connectivity index (χ0v) is 74.0. The molecule has 0 spiro atoms. The Morgan fingerprint density at radius 2 is 0.440 bits per heavy atom. The highest BCUT2D eigenvalue weighted by atomic mass is 31.2. The first-order valence-corrected chi connectivity index (χ1v) is 49.2. The van der Waals surface area contributed by atoms with Crippen molar-refractivity contribution in [2.45, 2.75) is 491 Å². The quantitative estimate of drug-likeness (QED) is 0.0222. The summed E-state index contributed by atoms with van der Waals surface area (Å²) in [5.41, 5.74) is 0. The first-order valence-electron chi connectivity index (χ1n) is 46.2. The van der Waals surface area contributed by atoms with Crippen LogP contribution in [0.1, 0.15) is 473 Å². The average molecular weight is 1590 g/mol. The van der Waals surface area contributed by atoms with Crippen molar-refractivity contribution in [1.82, 2.24) is 0 Å². The van der Waals surface area contributed by atoms with Gasteiger partial charge in [-0.05, 0) is 49.4 Å². The standard InChI is InChI=1S/C90H176O17P2/c1-9-83(8)69-61-53-45-37-31-25-19-12-10-11-13-21-27-33-39-47-56-64-73-90(95)107-86(77-101-88(93)71-63-55-49-41-44-52-60-68-82(6)7)79-105-109(98,99)103-75-84(91)74-102-108(96,97)104-78-85(106-89(94)72-65-57-48-40-34-28-22-16-18-24-30-36-43-51-59-67-81(4)5)76-100-87(92)70-62-54-46-38-32-26-20-15-14-17-23-29-35-42-50-58-66-80(2)3/h80-86,91H,9-79H2,1-8H3,(H,96,97)(H,98,99)/t83?,84?,85-,86-/m1/s1. The Bertz CT molecular complexity index is 2110. The number of hydrogen-bond acceptors (Lipinski definition) is 15. The molecule has 19 heteroatoms. The van der Waals surface area contributed by atoms with Gasteiger partial charge in [0.25, 0.3) is 0 Å². The van der Waals surface area contributed by atoms with Gasteiger partial charge in [0.2, 0.25) is 0 Å². The second kappa shape index (κ2) is 78.6. The molecule has 0 saturated heterocycles. The zero-order valence-electron chi connectivity index (χ0n) is 72.2. The van der Waals surface area contributed by atoms with Gasteiger partial charge in [0.15, 0.2) is 12.2 Å². The summed E-state index contributed by atoms with van der Waals surface area (Å²) < 4.78 is 69.0. The third-order valence-electron chi connectivity index (χ3n) is 21.4. The summed E-state index contributed by atoms with van der Waals surface area (Å²) in [6.07, 6.45) is 69.6. The van der Waals surface area contributed by atoms with Gasteiger partial charge in [0, 0.05) is 25.7 Å². The molecule has 17 nitrogen and oxygen atoms in total. The van der Waals surface area contributed by atoms with Crippen molar-refractivity contribution >= 4 is 39.5 Å². The lowest BCUT2D eigenvalue weighted by Gasteiger charge is -2.21. The molecule has 3 N–H and O–H groups in total. The van der Waals surface area contributed by atoms with E-state index in [9.17, 15) is 43.2 Å². The Balaban J connectivity index is 5.21. The lowest BCUT2D eigenvalue weighted by atomic mass is 9.99. The highest BCUT2D eigenvalue weighted by molar-refractivity contribution is 7.47. The minimum atomic E-state index is -4.97. The van der Waals surface area contributed by atoms with Gasteiger partial charge in [-0.2, -0.15) is 0 Å². The number of carbonyl (C=O) groups is 4. The van der Waals surface area contributed by atoms with Gasteiger partial charge in [-0.1, -0.05) is 421 Å². The molecule has 0 amide bonds. The summed E-state index contributed by atoms with van der Waals surface area (Å²) in [6.45, 7) is 14.4. The number of aliphatic hydroxyl groups excluding tert-OH is 1. The van der Waals surface area contributed by atoms with Crippen LogP contribution in [0.25, 0.3) is 0 Å².